The van der Waals surface area contributed by atoms with Gasteiger partial charge in [-0.3, -0.25) is 4.79 Å². The molecule has 2 aromatic heterocycles. The Bertz CT molecular complexity index is 1650. The van der Waals surface area contributed by atoms with E-state index in [0.29, 0.717) is 34.9 Å². The van der Waals surface area contributed by atoms with Gasteiger partial charge in [-0.25, -0.2) is 15.0 Å². The number of pyridine rings is 1. The molecule has 1 fully saturated rings. The highest BCUT2D eigenvalue weighted by Crippen LogP contribution is 2.38. The van der Waals surface area contributed by atoms with E-state index in [1.807, 2.05) is 73.7 Å². The topological polar surface area (TPSA) is 101 Å². The summed E-state index contributed by atoms with van der Waals surface area (Å²) in [7, 11) is 0. The number of fused-ring (bicyclic) bond motifs is 1. The molecule has 0 radical (unpaired) electrons. The van der Waals surface area contributed by atoms with Crippen molar-refractivity contribution in [3.63, 3.8) is 0 Å². The maximum absolute atomic E-state index is 12.9. The number of ether oxygens (including phenoxy) is 1. The molecule has 1 aliphatic rings. The number of rotatable bonds is 7. The molecule has 40 heavy (non-hydrogen) atoms. The maximum atomic E-state index is 12.9. The minimum atomic E-state index is -0.166. The fourth-order valence-corrected chi connectivity index (χ4v) is 4.97. The molecule has 8 nitrogen and oxygen atoms in total. The van der Waals surface area contributed by atoms with Gasteiger partial charge in [-0.15, -0.1) is 0 Å². The number of piperidine rings is 1. The number of aromatic nitrogens is 3. The molecule has 0 saturated carbocycles. The van der Waals surface area contributed by atoms with Crippen LogP contribution in [0, 0.1) is 6.92 Å². The Morgan fingerprint density at radius 1 is 0.925 bits per heavy atom. The van der Waals surface area contributed by atoms with Crippen LogP contribution in [-0.2, 0) is 0 Å². The number of amides is 1. The van der Waals surface area contributed by atoms with Crippen molar-refractivity contribution in [3.8, 4) is 22.9 Å². The number of carbonyl (C=O) groups excluding carboxylic acids is 1. The largest absolute Gasteiger partial charge is 0.437 e. The van der Waals surface area contributed by atoms with E-state index in [0.717, 1.165) is 53.5 Å². The Morgan fingerprint density at radius 2 is 1.82 bits per heavy atom. The predicted molar refractivity (Wildman–Crippen MR) is 158 cm³/mol. The minimum Gasteiger partial charge on any atom is -0.437 e. The molecule has 0 bridgehead atoms. The van der Waals surface area contributed by atoms with Gasteiger partial charge < -0.3 is 20.7 Å². The highest BCUT2D eigenvalue weighted by molar-refractivity contribution is 6.10. The number of hydrogen-bond donors (Lipinski definition) is 3. The number of benzene rings is 3. The first-order chi connectivity index (χ1) is 19.7. The van der Waals surface area contributed by atoms with Crippen LogP contribution in [0.3, 0.4) is 0 Å². The van der Waals surface area contributed by atoms with Crippen LogP contribution >= 0.6 is 0 Å². The van der Waals surface area contributed by atoms with Crippen molar-refractivity contribution in [1.82, 2.24) is 20.3 Å². The van der Waals surface area contributed by atoms with Gasteiger partial charge in [0, 0.05) is 47.0 Å². The van der Waals surface area contributed by atoms with Gasteiger partial charge in [0.15, 0.2) is 0 Å². The summed E-state index contributed by atoms with van der Waals surface area (Å²) in [6.45, 7) is 3.93. The Labute approximate surface area is 232 Å². The third-order valence-corrected chi connectivity index (χ3v) is 7.02. The first-order valence-corrected chi connectivity index (χ1v) is 13.5. The molecule has 1 aliphatic heterocycles. The molecular weight excluding hydrogens is 500 g/mol. The molecule has 1 unspecified atom stereocenters. The molecule has 0 aliphatic carbocycles. The number of nitrogens with zero attached hydrogens (tertiary/aromatic N) is 3. The second-order valence-electron chi connectivity index (χ2n) is 9.84. The van der Waals surface area contributed by atoms with E-state index in [-0.39, 0.29) is 5.91 Å². The van der Waals surface area contributed by atoms with Crippen molar-refractivity contribution in [2.24, 2.45) is 0 Å². The average molecular weight is 531 g/mol. The third-order valence-electron chi connectivity index (χ3n) is 7.02. The Balaban J connectivity index is 1.32. The standard InChI is InChI=1S/C32H30N6O2/c1-21-14-15-24-25(11-5-13-27(24)37-30(39)22-8-3-2-4-9-22)29(21)40-31-26(12-7-18-34-31)28-16-19-35-32(38-28)36-23-10-6-17-33-20-23/h2-5,7-9,11-16,18-19,23,33H,6,10,17,20H2,1H3,(H,37,39)(H,35,36,38). The third kappa shape index (κ3) is 5.48. The quantitative estimate of drug-likeness (QED) is 0.230. The van der Waals surface area contributed by atoms with Crippen molar-refractivity contribution in [2.75, 3.05) is 23.7 Å². The number of carbonyl (C=O) groups is 1. The van der Waals surface area contributed by atoms with Crippen LogP contribution in [0.2, 0.25) is 0 Å². The number of aryl methyl sites for hydroxylation is 1. The molecule has 200 valence electrons. The summed E-state index contributed by atoms with van der Waals surface area (Å²) in [6.07, 6.45) is 5.66. The normalized spacial score (nSPS) is 15.0. The Hall–Kier alpha value is -4.82. The summed E-state index contributed by atoms with van der Waals surface area (Å²) < 4.78 is 6.53. The van der Waals surface area contributed by atoms with Crippen LogP contribution in [0.5, 0.6) is 11.6 Å². The van der Waals surface area contributed by atoms with Crippen LogP contribution in [0.15, 0.2) is 91.3 Å². The van der Waals surface area contributed by atoms with Gasteiger partial charge in [0.1, 0.15) is 5.75 Å². The van der Waals surface area contributed by atoms with E-state index in [9.17, 15) is 4.79 Å². The number of hydrogen-bond acceptors (Lipinski definition) is 7. The van der Waals surface area contributed by atoms with E-state index in [4.69, 9.17) is 9.72 Å². The lowest BCUT2D eigenvalue weighted by molar-refractivity contribution is 0.102. The summed E-state index contributed by atoms with van der Waals surface area (Å²) in [6, 6.07) is 24.9. The predicted octanol–water partition coefficient (Wildman–Crippen LogP) is 6.21. The first kappa shape index (κ1) is 25.5. The van der Waals surface area contributed by atoms with Gasteiger partial charge in [-0.05, 0) is 68.3 Å². The van der Waals surface area contributed by atoms with Gasteiger partial charge in [0.25, 0.3) is 5.91 Å². The summed E-state index contributed by atoms with van der Waals surface area (Å²) in [5.41, 5.74) is 3.74. The smallest absolute Gasteiger partial charge is 0.255 e. The zero-order valence-corrected chi connectivity index (χ0v) is 22.2. The first-order valence-electron chi connectivity index (χ1n) is 13.5. The molecule has 3 heterocycles. The summed E-state index contributed by atoms with van der Waals surface area (Å²) >= 11 is 0. The van der Waals surface area contributed by atoms with Gasteiger partial charge in [0.05, 0.1) is 11.3 Å². The molecule has 1 saturated heterocycles. The molecule has 1 amide bonds. The van der Waals surface area contributed by atoms with Gasteiger partial charge in [0.2, 0.25) is 11.8 Å². The molecule has 8 heteroatoms. The second kappa shape index (κ2) is 11.5. The molecule has 3 aromatic carbocycles. The summed E-state index contributed by atoms with van der Waals surface area (Å²) in [4.78, 5) is 26.7. The number of anilines is 2. The lowest BCUT2D eigenvalue weighted by atomic mass is 10.0. The van der Waals surface area contributed by atoms with Crippen molar-refractivity contribution < 1.29 is 9.53 Å². The van der Waals surface area contributed by atoms with Crippen LogP contribution in [-0.4, -0.2) is 40.0 Å². The zero-order valence-electron chi connectivity index (χ0n) is 22.2. The second-order valence-corrected chi connectivity index (χ2v) is 9.84. The summed E-state index contributed by atoms with van der Waals surface area (Å²) in [5.74, 6) is 1.54. The van der Waals surface area contributed by atoms with E-state index < -0.39 is 0 Å². The van der Waals surface area contributed by atoms with Crippen LogP contribution in [0.4, 0.5) is 11.6 Å². The maximum Gasteiger partial charge on any atom is 0.255 e. The molecule has 6 rings (SSSR count). The fraction of sp³-hybridized carbons (Fsp3) is 0.188. The van der Waals surface area contributed by atoms with E-state index in [1.54, 1.807) is 24.5 Å². The highest BCUT2D eigenvalue weighted by atomic mass is 16.5. The van der Waals surface area contributed by atoms with Crippen LogP contribution < -0.4 is 20.7 Å². The molecule has 0 spiro atoms. The number of nitrogens with one attached hydrogen (secondary N) is 3. The highest BCUT2D eigenvalue weighted by Gasteiger charge is 2.18. The van der Waals surface area contributed by atoms with E-state index in [2.05, 4.69) is 25.9 Å². The minimum absolute atomic E-state index is 0.166. The fourth-order valence-electron chi connectivity index (χ4n) is 4.97. The SMILES string of the molecule is Cc1ccc2c(NC(=O)c3ccccc3)cccc2c1Oc1ncccc1-c1ccnc(NC2CCCNC2)n1. The molecule has 3 N–H and O–H groups in total. The van der Waals surface area contributed by atoms with E-state index in [1.165, 1.54) is 0 Å². The van der Waals surface area contributed by atoms with Gasteiger partial charge in [-0.1, -0.05) is 42.5 Å². The van der Waals surface area contributed by atoms with Gasteiger partial charge >= 0.3 is 0 Å². The molecular formula is C32H30N6O2. The van der Waals surface area contributed by atoms with E-state index >= 15 is 0 Å². The van der Waals surface area contributed by atoms with Crippen molar-refractivity contribution >= 4 is 28.3 Å². The van der Waals surface area contributed by atoms with Crippen LogP contribution in [0.1, 0.15) is 28.8 Å². The Morgan fingerprint density at radius 3 is 2.67 bits per heavy atom. The average Bonchev–Trinajstić information content (AvgIpc) is 3.00. The molecule has 5 aromatic rings. The zero-order chi connectivity index (χ0) is 27.3. The van der Waals surface area contributed by atoms with Gasteiger partial charge in [-0.2, -0.15) is 0 Å². The Kier molecular flexibility index (Phi) is 7.32. The molecule has 1 atom stereocenters. The van der Waals surface area contributed by atoms with Crippen molar-refractivity contribution in [1.29, 1.82) is 0 Å². The lowest BCUT2D eigenvalue weighted by Gasteiger charge is -2.23. The van der Waals surface area contributed by atoms with Crippen molar-refractivity contribution in [2.45, 2.75) is 25.8 Å². The monoisotopic (exact) mass is 530 g/mol. The van der Waals surface area contributed by atoms with Crippen molar-refractivity contribution in [3.05, 3.63) is 102 Å². The lowest BCUT2D eigenvalue weighted by Crippen LogP contribution is -2.38. The summed E-state index contributed by atoms with van der Waals surface area (Å²) in [5, 5.41) is 11.7. The van der Waals surface area contributed by atoms with Crippen LogP contribution in [0.25, 0.3) is 22.0 Å².